The Hall–Kier alpha value is -2.81. The van der Waals surface area contributed by atoms with Gasteiger partial charge < -0.3 is 9.47 Å². The molecule has 0 N–H and O–H groups in total. The fourth-order valence-electron chi connectivity index (χ4n) is 2.66. The zero-order valence-corrected chi connectivity index (χ0v) is 13.4. The van der Waals surface area contributed by atoms with Crippen LogP contribution in [0.15, 0.2) is 72.9 Å². The molecular formula is C20H20N2O. The molecule has 1 amide bonds. The summed E-state index contributed by atoms with van der Waals surface area (Å²) in [5.41, 5.74) is 4.21. The molecule has 3 nitrogen and oxygen atoms in total. The lowest BCUT2D eigenvalue weighted by molar-refractivity contribution is 0.0775. The van der Waals surface area contributed by atoms with Crippen LogP contribution >= 0.6 is 0 Å². The molecule has 0 aliphatic heterocycles. The first-order valence-corrected chi connectivity index (χ1v) is 7.66. The van der Waals surface area contributed by atoms with Gasteiger partial charge in [-0.1, -0.05) is 54.6 Å². The summed E-state index contributed by atoms with van der Waals surface area (Å²) < 4.78 is 1.84. The van der Waals surface area contributed by atoms with Crippen molar-refractivity contribution >= 4 is 5.91 Å². The van der Waals surface area contributed by atoms with Crippen LogP contribution in [0.3, 0.4) is 0 Å². The number of carbonyl (C=O) groups excluding carboxylic acids is 1. The van der Waals surface area contributed by atoms with Crippen molar-refractivity contribution in [3.05, 3.63) is 84.2 Å². The van der Waals surface area contributed by atoms with Crippen molar-refractivity contribution in [3.63, 3.8) is 0 Å². The van der Waals surface area contributed by atoms with E-state index < -0.39 is 0 Å². The molecule has 0 saturated carbocycles. The van der Waals surface area contributed by atoms with E-state index in [4.69, 9.17) is 0 Å². The van der Waals surface area contributed by atoms with E-state index in [-0.39, 0.29) is 5.91 Å². The van der Waals surface area contributed by atoms with Crippen LogP contribution in [-0.4, -0.2) is 22.4 Å². The average molecular weight is 304 g/mol. The molecule has 3 rings (SSSR count). The molecule has 0 unspecified atom stereocenters. The maximum Gasteiger partial charge on any atom is 0.270 e. The molecule has 1 heterocycles. The highest BCUT2D eigenvalue weighted by molar-refractivity contribution is 5.92. The van der Waals surface area contributed by atoms with Crippen LogP contribution in [0.2, 0.25) is 0 Å². The van der Waals surface area contributed by atoms with E-state index in [1.165, 1.54) is 11.1 Å². The van der Waals surface area contributed by atoms with Gasteiger partial charge in [0.25, 0.3) is 5.91 Å². The van der Waals surface area contributed by atoms with Crippen LogP contribution in [0, 0.1) is 0 Å². The van der Waals surface area contributed by atoms with E-state index in [0.29, 0.717) is 12.2 Å². The van der Waals surface area contributed by atoms with Gasteiger partial charge in [0.2, 0.25) is 0 Å². The molecule has 3 aromatic rings. The minimum atomic E-state index is 0.0321. The van der Waals surface area contributed by atoms with Gasteiger partial charge in [-0.15, -0.1) is 0 Å². The van der Waals surface area contributed by atoms with E-state index in [9.17, 15) is 4.79 Å². The molecule has 3 heteroatoms. The molecule has 0 aliphatic rings. The summed E-state index contributed by atoms with van der Waals surface area (Å²) in [5.74, 6) is 0.0321. The van der Waals surface area contributed by atoms with E-state index in [1.54, 1.807) is 4.90 Å². The van der Waals surface area contributed by atoms with Crippen molar-refractivity contribution in [2.45, 2.75) is 6.54 Å². The van der Waals surface area contributed by atoms with Crippen LogP contribution in [-0.2, 0) is 13.6 Å². The summed E-state index contributed by atoms with van der Waals surface area (Å²) in [6.45, 7) is 0.596. The van der Waals surface area contributed by atoms with Gasteiger partial charge in [-0.25, -0.2) is 0 Å². The van der Waals surface area contributed by atoms with E-state index in [1.807, 2.05) is 55.2 Å². The van der Waals surface area contributed by atoms with Crippen molar-refractivity contribution < 1.29 is 4.79 Å². The Bertz CT molecular complexity index is 788. The monoisotopic (exact) mass is 304 g/mol. The summed E-state index contributed by atoms with van der Waals surface area (Å²) in [4.78, 5) is 14.2. The van der Waals surface area contributed by atoms with Crippen LogP contribution in [0.25, 0.3) is 11.1 Å². The van der Waals surface area contributed by atoms with Gasteiger partial charge in [0, 0.05) is 26.8 Å². The van der Waals surface area contributed by atoms with E-state index in [2.05, 4.69) is 36.4 Å². The first-order chi connectivity index (χ1) is 11.1. The third kappa shape index (κ3) is 3.34. The number of aromatic nitrogens is 1. The SMILES string of the molecule is CN(Cc1ccc(-c2ccccc2)cc1)C(=O)c1cccn1C. The summed E-state index contributed by atoms with van der Waals surface area (Å²) in [5, 5.41) is 0. The molecule has 23 heavy (non-hydrogen) atoms. The van der Waals surface area contributed by atoms with Crippen molar-refractivity contribution in [1.82, 2.24) is 9.47 Å². The molecule has 0 fully saturated rings. The first-order valence-electron chi connectivity index (χ1n) is 7.66. The molecule has 0 saturated heterocycles. The van der Waals surface area contributed by atoms with Crippen LogP contribution in [0.1, 0.15) is 16.1 Å². The van der Waals surface area contributed by atoms with Gasteiger partial charge in [-0.05, 0) is 28.8 Å². The Morgan fingerprint density at radius 1 is 0.913 bits per heavy atom. The van der Waals surface area contributed by atoms with Crippen molar-refractivity contribution in [3.8, 4) is 11.1 Å². The molecule has 0 bridgehead atoms. The molecular weight excluding hydrogens is 284 g/mol. The third-order valence-electron chi connectivity index (χ3n) is 3.99. The highest BCUT2D eigenvalue weighted by atomic mass is 16.2. The maximum atomic E-state index is 12.4. The predicted molar refractivity (Wildman–Crippen MR) is 93.1 cm³/mol. The topological polar surface area (TPSA) is 25.2 Å². The molecule has 1 aromatic heterocycles. The quantitative estimate of drug-likeness (QED) is 0.716. The second-order valence-corrected chi connectivity index (χ2v) is 5.73. The highest BCUT2D eigenvalue weighted by Crippen LogP contribution is 2.20. The largest absolute Gasteiger partial charge is 0.347 e. The number of amides is 1. The lowest BCUT2D eigenvalue weighted by Crippen LogP contribution is -2.27. The molecule has 0 aliphatic carbocycles. The lowest BCUT2D eigenvalue weighted by atomic mass is 10.0. The van der Waals surface area contributed by atoms with Crippen molar-refractivity contribution in [2.75, 3.05) is 7.05 Å². The number of rotatable bonds is 4. The average Bonchev–Trinajstić information content (AvgIpc) is 3.01. The summed E-state index contributed by atoms with van der Waals surface area (Å²) in [7, 11) is 3.72. The van der Waals surface area contributed by atoms with Crippen LogP contribution in [0.5, 0.6) is 0 Å². The maximum absolute atomic E-state index is 12.4. The number of aryl methyl sites for hydroxylation is 1. The van der Waals surface area contributed by atoms with Gasteiger partial charge >= 0.3 is 0 Å². The Morgan fingerprint density at radius 2 is 1.57 bits per heavy atom. The second-order valence-electron chi connectivity index (χ2n) is 5.73. The van der Waals surface area contributed by atoms with Crippen LogP contribution in [0.4, 0.5) is 0 Å². The summed E-state index contributed by atoms with van der Waals surface area (Å²) in [6.07, 6.45) is 1.88. The Labute approximate surface area is 136 Å². The van der Waals surface area contributed by atoms with Crippen LogP contribution < -0.4 is 0 Å². The number of carbonyl (C=O) groups is 1. The predicted octanol–water partition coefficient (Wildman–Crippen LogP) is 3.96. The van der Waals surface area contributed by atoms with Gasteiger partial charge in [0.1, 0.15) is 5.69 Å². The molecule has 0 spiro atoms. The Morgan fingerprint density at radius 3 is 2.17 bits per heavy atom. The molecule has 2 aromatic carbocycles. The summed E-state index contributed by atoms with van der Waals surface area (Å²) in [6, 6.07) is 22.4. The van der Waals surface area contributed by atoms with Gasteiger partial charge in [-0.3, -0.25) is 4.79 Å². The highest BCUT2D eigenvalue weighted by Gasteiger charge is 2.14. The fraction of sp³-hybridized carbons (Fsp3) is 0.150. The molecule has 0 atom stereocenters. The summed E-state index contributed by atoms with van der Waals surface area (Å²) >= 11 is 0. The normalized spacial score (nSPS) is 10.5. The van der Waals surface area contributed by atoms with Crippen molar-refractivity contribution in [1.29, 1.82) is 0 Å². The zero-order chi connectivity index (χ0) is 16.2. The zero-order valence-electron chi connectivity index (χ0n) is 13.4. The first kappa shape index (κ1) is 15.1. The third-order valence-corrected chi connectivity index (χ3v) is 3.99. The standard InChI is InChI=1S/C20H20N2O/c1-21-14-6-9-19(21)20(23)22(2)15-16-10-12-18(13-11-16)17-7-4-3-5-8-17/h3-14H,15H2,1-2H3. The fourth-order valence-corrected chi connectivity index (χ4v) is 2.66. The minimum Gasteiger partial charge on any atom is -0.347 e. The number of hydrogen-bond donors (Lipinski definition) is 0. The van der Waals surface area contributed by atoms with Crippen molar-refractivity contribution in [2.24, 2.45) is 7.05 Å². The lowest BCUT2D eigenvalue weighted by Gasteiger charge is -2.18. The molecule has 0 radical (unpaired) electrons. The van der Waals surface area contributed by atoms with Gasteiger partial charge in [-0.2, -0.15) is 0 Å². The number of nitrogens with zero attached hydrogens (tertiary/aromatic N) is 2. The Kier molecular flexibility index (Phi) is 4.29. The molecule has 116 valence electrons. The minimum absolute atomic E-state index is 0.0321. The van der Waals surface area contributed by atoms with E-state index >= 15 is 0 Å². The second kappa shape index (κ2) is 6.53. The van der Waals surface area contributed by atoms with Gasteiger partial charge in [0.15, 0.2) is 0 Å². The Balaban J connectivity index is 1.71. The number of benzene rings is 2. The van der Waals surface area contributed by atoms with E-state index in [0.717, 1.165) is 5.56 Å². The number of hydrogen-bond acceptors (Lipinski definition) is 1. The smallest absolute Gasteiger partial charge is 0.270 e. The van der Waals surface area contributed by atoms with Gasteiger partial charge in [0.05, 0.1) is 0 Å².